The number of rotatable bonds is 7. The molecule has 0 aliphatic carbocycles. The van der Waals surface area contributed by atoms with Crippen LogP contribution in [0.4, 0.5) is 5.69 Å². The van der Waals surface area contributed by atoms with Crippen molar-refractivity contribution in [3.05, 3.63) is 16.6 Å². The summed E-state index contributed by atoms with van der Waals surface area (Å²) >= 11 is 3.19. The number of nitrogens with two attached hydrogens (primary N) is 1. The van der Waals surface area contributed by atoms with Gasteiger partial charge in [0.25, 0.3) is 0 Å². The first-order chi connectivity index (χ1) is 9.75. The Labute approximate surface area is 132 Å². The molecule has 5 N–H and O–H groups in total. The quantitative estimate of drug-likeness (QED) is 0.508. The van der Waals surface area contributed by atoms with Gasteiger partial charge in [0.1, 0.15) is 10.6 Å². The minimum atomic E-state index is -4.03. The van der Waals surface area contributed by atoms with Crippen molar-refractivity contribution in [3.63, 3.8) is 0 Å². The van der Waals surface area contributed by atoms with Crippen molar-refractivity contribution in [3.8, 4) is 5.75 Å². The topological polar surface area (TPSA) is 122 Å². The molecule has 0 spiro atoms. The van der Waals surface area contributed by atoms with Crippen LogP contribution in [0.1, 0.15) is 13.3 Å². The maximum absolute atomic E-state index is 12.5. The number of methoxy groups -OCH3 is 1. The third-order valence-electron chi connectivity index (χ3n) is 3.21. The van der Waals surface area contributed by atoms with E-state index in [1.54, 1.807) is 6.92 Å². The molecule has 0 fully saturated rings. The van der Waals surface area contributed by atoms with Crippen molar-refractivity contribution in [1.82, 2.24) is 4.72 Å². The molecule has 1 aromatic carbocycles. The summed E-state index contributed by atoms with van der Waals surface area (Å²) in [6.07, 6.45) is 0.216. The van der Waals surface area contributed by atoms with Crippen molar-refractivity contribution in [2.24, 2.45) is 0 Å². The van der Waals surface area contributed by atoms with Crippen molar-refractivity contribution >= 4 is 31.6 Å². The smallest absolute Gasteiger partial charge is 0.244 e. The Morgan fingerprint density at radius 1 is 1.38 bits per heavy atom. The van der Waals surface area contributed by atoms with Crippen LogP contribution in [0.2, 0.25) is 0 Å². The molecule has 0 aromatic heterocycles. The second kappa shape index (κ2) is 6.93. The lowest BCUT2D eigenvalue weighted by Gasteiger charge is -2.29. The van der Waals surface area contributed by atoms with E-state index in [-0.39, 0.29) is 22.8 Å². The Balaban J connectivity index is 3.34. The van der Waals surface area contributed by atoms with Gasteiger partial charge in [0.2, 0.25) is 10.0 Å². The first-order valence-electron chi connectivity index (χ1n) is 6.14. The lowest BCUT2D eigenvalue weighted by Crippen LogP contribution is -2.53. The van der Waals surface area contributed by atoms with E-state index in [9.17, 15) is 18.6 Å². The minimum absolute atomic E-state index is 0.101. The van der Waals surface area contributed by atoms with Gasteiger partial charge >= 0.3 is 0 Å². The van der Waals surface area contributed by atoms with Gasteiger partial charge < -0.3 is 20.7 Å². The summed E-state index contributed by atoms with van der Waals surface area (Å²) in [5.74, 6) is 0.101. The molecule has 0 aliphatic rings. The van der Waals surface area contributed by atoms with E-state index in [1.807, 2.05) is 0 Å². The van der Waals surface area contributed by atoms with Crippen LogP contribution in [0.25, 0.3) is 0 Å². The number of ether oxygens (including phenoxy) is 1. The maximum atomic E-state index is 12.5. The molecule has 0 bridgehead atoms. The highest BCUT2D eigenvalue weighted by Gasteiger charge is 2.34. The van der Waals surface area contributed by atoms with Crippen LogP contribution < -0.4 is 15.2 Å². The SMILES string of the molecule is CCC(CO)(CO)NS(=O)(=O)c1cc(N)c(Br)cc1OC. The molecule has 0 unspecified atom stereocenters. The molecule has 0 atom stereocenters. The van der Waals surface area contributed by atoms with Crippen molar-refractivity contribution < 1.29 is 23.4 Å². The molecular formula is C12H19BrN2O5S. The van der Waals surface area contributed by atoms with Crippen LogP contribution in [0.15, 0.2) is 21.5 Å². The van der Waals surface area contributed by atoms with E-state index in [0.29, 0.717) is 4.47 Å². The number of aliphatic hydroxyl groups excluding tert-OH is 2. The summed E-state index contributed by atoms with van der Waals surface area (Å²) in [4.78, 5) is -0.162. The first-order valence-corrected chi connectivity index (χ1v) is 8.41. The second-order valence-corrected chi connectivity index (χ2v) is 7.09. The second-order valence-electron chi connectivity index (χ2n) is 4.58. The van der Waals surface area contributed by atoms with Gasteiger partial charge in [0.15, 0.2) is 0 Å². The van der Waals surface area contributed by atoms with Gasteiger partial charge in [0, 0.05) is 10.2 Å². The van der Waals surface area contributed by atoms with E-state index in [1.165, 1.54) is 19.2 Å². The molecular weight excluding hydrogens is 364 g/mol. The number of nitrogens with one attached hydrogen (secondary N) is 1. The van der Waals surface area contributed by atoms with E-state index in [2.05, 4.69) is 20.7 Å². The molecule has 0 radical (unpaired) electrons. The molecule has 120 valence electrons. The van der Waals surface area contributed by atoms with Gasteiger partial charge in [-0.1, -0.05) is 6.92 Å². The molecule has 21 heavy (non-hydrogen) atoms. The Morgan fingerprint density at radius 3 is 2.38 bits per heavy atom. The van der Waals surface area contributed by atoms with E-state index in [0.717, 1.165) is 0 Å². The van der Waals surface area contributed by atoms with Gasteiger partial charge in [-0.2, -0.15) is 0 Å². The minimum Gasteiger partial charge on any atom is -0.495 e. The number of hydrogen-bond donors (Lipinski definition) is 4. The molecule has 0 aliphatic heterocycles. The predicted molar refractivity (Wildman–Crippen MR) is 82.6 cm³/mol. The van der Waals surface area contributed by atoms with Crippen LogP contribution in [-0.4, -0.2) is 44.5 Å². The largest absolute Gasteiger partial charge is 0.495 e. The predicted octanol–water partition coefficient (Wildman–Crippen LogP) is 0.452. The fraction of sp³-hybridized carbons (Fsp3) is 0.500. The summed E-state index contributed by atoms with van der Waals surface area (Å²) in [6, 6.07) is 2.69. The van der Waals surface area contributed by atoms with E-state index >= 15 is 0 Å². The van der Waals surface area contributed by atoms with Gasteiger partial charge in [-0.25, -0.2) is 13.1 Å². The van der Waals surface area contributed by atoms with Gasteiger partial charge in [-0.3, -0.25) is 0 Å². The number of nitrogen functional groups attached to an aromatic ring is 1. The van der Waals surface area contributed by atoms with Gasteiger partial charge in [0.05, 0.1) is 25.9 Å². The fourth-order valence-corrected chi connectivity index (χ4v) is 3.64. The van der Waals surface area contributed by atoms with Crippen LogP contribution in [-0.2, 0) is 10.0 Å². The van der Waals surface area contributed by atoms with Crippen LogP contribution in [0.3, 0.4) is 0 Å². The average Bonchev–Trinajstić information content (AvgIpc) is 2.47. The highest BCUT2D eigenvalue weighted by atomic mass is 79.9. The monoisotopic (exact) mass is 382 g/mol. The molecule has 1 rings (SSSR count). The Morgan fingerprint density at radius 2 is 1.95 bits per heavy atom. The standard InChI is InChI=1S/C12H19BrN2O5S/c1-3-12(6-16,7-17)15-21(18,19)11-5-9(14)8(13)4-10(11)20-2/h4-5,15-17H,3,6-7,14H2,1-2H3. The molecule has 1 aromatic rings. The Hall–Kier alpha value is -0.870. The number of benzene rings is 1. The summed E-state index contributed by atoms with van der Waals surface area (Å²) in [7, 11) is -2.70. The normalized spacial score (nSPS) is 12.4. The van der Waals surface area contributed by atoms with Crippen molar-refractivity contribution in [1.29, 1.82) is 0 Å². The Bertz CT molecular complexity index is 594. The summed E-state index contributed by atoms with van der Waals surface area (Å²) < 4.78 is 32.8. The molecule has 0 saturated carbocycles. The third kappa shape index (κ3) is 3.86. The zero-order valence-electron chi connectivity index (χ0n) is 11.8. The number of anilines is 1. The molecule has 0 saturated heterocycles. The van der Waals surface area contributed by atoms with E-state index in [4.69, 9.17) is 10.5 Å². The first kappa shape index (κ1) is 18.2. The van der Waals surface area contributed by atoms with Crippen LogP contribution in [0, 0.1) is 0 Å². The fourth-order valence-electron chi connectivity index (χ4n) is 1.67. The molecule has 0 amide bonds. The maximum Gasteiger partial charge on any atom is 0.244 e. The third-order valence-corrected chi connectivity index (χ3v) is 5.49. The number of aliphatic hydroxyl groups is 2. The molecule has 7 nitrogen and oxygen atoms in total. The number of halogens is 1. The highest BCUT2D eigenvalue weighted by Crippen LogP contribution is 2.32. The lowest BCUT2D eigenvalue weighted by atomic mass is 10.0. The zero-order valence-corrected chi connectivity index (χ0v) is 14.2. The number of hydrogen-bond acceptors (Lipinski definition) is 6. The summed E-state index contributed by atoms with van der Waals surface area (Å²) in [6.45, 7) is 0.587. The highest BCUT2D eigenvalue weighted by molar-refractivity contribution is 9.10. The van der Waals surface area contributed by atoms with Crippen molar-refractivity contribution in [2.75, 3.05) is 26.1 Å². The van der Waals surface area contributed by atoms with Crippen LogP contribution >= 0.6 is 15.9 Å². The van der Waals surface area contributed by atoms with Gasteiger partial charge in [-0.05, 0) is 34.5 Å². The lowest BCUT2D eigenvalue weighted by molar-refractivity contribution is 0.105. The summed E-state index contributed by atoms with van der Waals surface area (Å²) in [5, 5.41) is 18.7. The Kier molecular flexibility index (Phi) is 6.00. The molecule has 0 heterocycles. The summed E-state index contributed by atoms with van der Waals surface area (Å²) in [5.41, 5.74) is 4.60. The van der Waals surface area contributed by atoms with Gasteiger partial charge in [-0.15, -0.1) is 0 Å². The van der Waals surface area contributed by atoms with Crippen LogP contribution in [0.5, 0.6) is 5.75 Å². The average molecular weight is 383 g/mol. The number of sulfonamides is 1. The zero-order chi connectivity index (χ0) is 16.3. The van der Waals surface area contributed by atoms with Crippen molar-refractivity contribution in [2.45, 2.75) is 23.8 Å². The molecule has 9 heteroatoms. The van der Waals surface area contributed by atoms with E-state index < -0.39 is 28.8 Å².